The molecule has 0 amide bonds. The molecule has 0 spiro atoms. The molecule has 2 atom stereocenters. The van der Waals surface area contributed by atoms with Gasteiger partial charge in [0.25, 0.3) is 0 Å². The zero-order chi connectivity index (χ0) is 23.3. The number of likely N-dealkylation sites (N-methyl/N-ethyl adjacent to an activating group) is 1. The molecule has 0 radical (unpaired) electrons. The molecule has 2 aromatic heterocycles. The smallest absolute Gasteiger partial charge is 0.350 e. The van der Waals surface area contributed by atoms with Crippen LogP contribution in [0.25, 0.3) is 16.8 Å². The van der Waals surface area contributed by atoms with Crippen LogP contribution in [-0.2, 0) is 12.4 Å². The Morgan fingerprint density at radius 1 is 1.03 bits per heavy atom. The molecule has 6 nitrogen and oxygen atoms in total. The summed E-state index contributed by atoms with van der Waals surface area (Å²) in [5.41, 5.74) is -3.64. The van der Waals surface area contributed by atoms with Crippen molar-refractivity contribution >= 4 is 11.5 Å². The molecule has 1 aromatic carbocycles. The highest BCUT2D eigenvalue weighted by molar-refractivity contribution is 5.79. The lowest BCUT2D eigenvalue weighted by Gasteiger charge is -2.32. The number of piperidine rings is 1. The first-order valence-electron chi connectivity index (χ1n) is 9.50. The fourth-order valence-corrected chi connectivity index (χ4v) is 3.82. The van der Waals surface area contributed by atoms with Gasteiger partial charge in [0.2, 0.25) is 5.95 Å². The molecule has 172 valence electrons. The number of nitrogens with zero attached hydrogens (tertiary/aromatic N) is 5. The maximum Gasteiger partial charge on any atom is 0.417 e. The lowest BCUT2D eigenvalue weighted by molar-refractivity contribution is -0.142. The zero-order valence-corrected chi connectivity index (χ0v) is 16.5. The number of fused-ring (bicyclic) bond motifs is 1. The molecular formula is C19H17F7N6. The van der Waals surface area contributed by atoms with E-state index in [1.807, 2.05) is 0 Å². The molecule has 1 aliphatic rings. The topological polar surface area (TPSA) is 58.3 Å². The Morgan fingerprint density at radius 3 is 2.44 bits per heavy atom. The van der Waals surface area contributed by atoms with Crippen LogP contribution in [0, 0.1) is 0 Å². The molecule has 3 heterocycles. The lowest BCUT2D eigenvalue weighted by atomic mass is 10.00. The van der Waals surface area contributed by atoms with Crippen molar-refractivity contribution < 1.29 is 30.7 Å². The predicted molar refractivity (Wildman–Crippen MR) is 101 cm³/mol. The van der Waals surface area contributed by atoms with Gasteiger partial charge in [-0.05, 0) is 19.2 Å². The van der Waals surface area contributed by atoms with Gasteiger partial charge in [-0.3, -0.25) is 4.40 Å². The molecule has 3 aromatic rings. The number of likely N-dealkylation sites (tertiary alicyclic amines) is 1. The van der Waals surface area contributed by atoms with E-state index >= 15 is 0 Å². The molecule has 1 N–H and O–H groups in total. The highest BCUT2D eigenvalue weighted by Crippen LogP contribution is 2.41. The number of hydrogen-bond acceptors (Lipinski definition) is 5. The molecule has 1 unspecified atom stereocenters. The van der Waals surface area contributed by atoms with Crippen molar-refractivity contribution in [2.45, 2.75) is 31.0 Å². The normalized spacial score (nSPS) is 20.6. The standard InChI is InChI=1S/C19H17F7N6/c1-31-7-11(20)5-12(8-31)28-17-30-29-16(15-6-27-9-32(15)17)13-3-2-10(18(21,22)23)4-14(13)19(24,25)26/h2-4,6,9,11-12H,5,7-8H2,1H3,(H,28,30)/t11-,12?/m1/s1. The number of benzene rings is 1. The molecule has 0 bridgehead atoms. The van der Waals surface area contributed by atoms with Crippen molar-refractivity contribution in [2.75, 3.05) is 25.5 Å². The van der Waals surface area contributed by atoms with Gasteiger partial charge < -0.3 is 10.2 Å². The molecule has 1 aliphatic heterocycles. The third-order valence-corrected chi connectivity index (χ3v) is 5.18. The minimum absolute atomic E-state index is 0.0509. The third kappa shape index (κ3) is 4.33. The van der Waals surface area contributed by atoms with Crippen molar-refractivity contribution in [3.8, 4) is 11.3 Å². The van der Waals surface area contributed by atoms with Crippen molar-refractivity contribution in [1.29, 1.82) is 0 Å². The predicted octanol–water partition coefficient (Wildman–Crippen LogP) is 4.28. The minimum Gasteiger partial charge on any atom is -0.350 e. The van der Waals surface area contributed by atoms with Crippen molar-refractivity contribution in [1.82, 2.24) is 24.5 Å². The summed E-state index contributed by atoms with van der Waals surface area (Å²) in [5, 5.41) is 10.8. The van der Waals surface area contributed by atoms with E-state index in [-0.39, 0.29) is 42.2 Å². The van der Waals surface area contributed by atoms with Crippen LogP contribution in [0.5, 0.6) is 0 Å². The molecule has 32 heavy (non-hydrogen) atoms. The van der Waals surface area contributed by atoms with E-state index in [1.165, 1.54) is 16.9 Å². The summed E-state index contributed by atoms with van der Waals surface area (Å²) < 4.78 is 94.9. The van der Waals surface area contributed by atoms with Crippen LogP contribution in [0.15, 0.2) is 30.7 Å². The van der Waals surface area contributed by atoms with E-state index in [0.717, 1.165) is 6.07 Å². The number of nitrogens with one attached hydrogen (secondary N) is 1. The second-order valence-corrected chi connectivity index (χ2v) is 7.67. The first-order chi connectivity index (χ1) is 14.9. The highest BCUT2D eigenvalue weighted by Gasteiger charge is 2.39. The summed E-state index contributed by atoms with van der Waals surface area (Å²) in [6.07, 6.45) is -8.33. The molecular weight excluding hydrogens is 445 g/mol. The first kappa shape index (κ1) is 22.2. The second kappa shape index (κ2) is 7.87. The van der Waals surface area contributed by atoms with Crippen LogP contribution in [0.2, 0.25) is 0 Å². The van der Waals surface area contributed by atoms with Crippen LogP contribution in [0.1, 0.15) is 17.5 Å². The quantitative estimate of drug-likeness (QED) is 0.589. The number of anilines is 1. The average molecular weight is 462 g/mol. The van der Waals surface area contributed by atoms with Gasteiger partial charge in [-0.2, -0.15) is 26.3 Å². The number of hydrogen-bond donors (Lipinski definition) is 1. The molecule has 0 saturated carbocycles. The van der Waals surface area contributed by atoms with Gasteiger partial charge in [0.05, 0.1) is 22.8 Å². The van der Waals surface area contributed by atoms with Crippen LogP contribution in [0.3, 0.4) is 0 Å². The average Bonchev–Trinajstić information content (AvgIpc) is 3.16. The molecule has 0 aliphatic carbocycles. The maximum atomic E-state index is 13.9. The summed E-state index contributed by atoms with van der Waals surface area (Å²) in [6, 6.07) is 1.01. The Morgan fingerprint density at radius 2 is 1.78 bits per heavy atom. The van der Waals surface area contributed by atoms with Gasteiger partial charge in [0.1, 0.15) is 18.2 Å². The molecule has 1 saturated heterocycles. The largest absolute Gasteiger partial charge is 0.417 e. The van der Waals surface area contributed by atoms with Gasteiger partial charge >= 0.3 is 12.4 Å². The van der Waals surface area contributed by atoms with Crippen molar-refractivity contribution in [3.63, 3.8) is 0 Å². The fraction of sp³-hybridized carbons (Fsp3) is 0.421. The number of halogens is 7. The van der Waals surface area contributed by atoms with Crippen LogP contribution in [-0.4, -0.2) is 56.8 Å². The molecule has 4 rings (SSSR count). The molecule has 13 heteroatoms. The van der Waals surface area contributed by atoms with Gasteiger partial charge in [0.15, 0.2) is 0 Å². The van der Waals surface area contributed by atoms with Gasteiger partial charge in [-0.1, -0.05) is 6.07 Å². The summed E-state index contributed by atoms with van der Waals surface area (Å²) in [5.74, 6) is 0.134. The molecule has 1 fully saturated rings. The third-order valence-electron chi connectivity index (χ3n) is 5.18. The van der Waals surface area contributed by atoms with E-state index < -0.39 is 35.2 Å². The summed E-state index contributed by atoms with van der Waals surface area (Å²) in [4.78, 5) is 5.71. The van der Waals surface area contributed by atoms with E-state index in [4.69, 9.17) is 0 Å². The number of aromatic nitrogens is 4. The van der Waals surface area contributed by atoms with E-state index in [0.29, 0.717) is 12.6 Å². The maximum absolute atomic E-state index is 13.9. The Labute approximate surface area is 177 Å². The Balaban J connectivity index is 1.77. The second-order valence-electron chi connectivity index (χ2n) is 7.67. The minimum atomic E-state index is -5.06. The van der Waals surface area contributed by atoms with Gasteiger partial charge in [0, 0.05) is 31.1 Å². The Bertz CT molecular complexity index is 1110. The van der Waals surface area contributed by atoms with Crippen LogP contribution < -0.4 is 5.32 Å². The van der Waals surface area contributed by atoms with Crippen LogP contribution in [0.4, 0.5) is 36.7 Å². The Hall–Kier alpha value is -2.96. The fourth-order valence-electron chi connectivity index (χ4n) is 3.82. The zero-order valence-electron chi connectivity index (χ0n) is 16.5. The van der Waals surface area contributed by atoms with E-state index in [2.05, 4.69) is 20.5 Å². The van der Waals surface area contributed by atoms with E-state index in [9.17, 15) is 30.7 Å². The summed E-state index contributed by atoms with van der Waals surface area (Å²) in [6.45, 7) is 0.800. The van der Waals surface area contributed by atoms with Gasteiger partial charge in [-0.25, -0.2) is 9.37 Å². The van der Waals surface area contributed by atoms with Crippen molar-refractivity contribution in [3.05, 3.63) is 41.9 Å². The SMILES string of the molecule is CN1CC(Nc2nnc(-c3ccc(C(F)(F)F)cc3C(F)(F)F)c3cncn23)C[C@@H](F)C1. The van der Waals surface area contributed by atoms with Crippen molar-refractivity contribution in [2.24, 2.45) is 0 Å². The monoisotopic (exact) mass is 462 g/mol. The highest BCUT2D eigenvalue weighted by atomic mass is 19.4. The number of alkyl halides is 7. The van der Waals surface area contributed by atoms with Gasteiger partial charge in [-0.15, -0.1) is 10.2 Å². The number of imidazole rings is 1. The lowest BCUT2D eigenvalue weighted by Crippen LogP contribution is -2.45. The van der Waals surface area contributed by atoms with Crippen LogP contribution >= 0.6 is 0 Å². The Kier molecular flexibility index (Phi) is 5.47. The summed E-state index contributed by atoms with van der Waals surface area (Å²) >= 11 is 0. The number of rotatable bonds is 3. The first-order valence-corrected chi connectivity index (χ1v) is 9.50. The summed E-state index contributed by atoms with van der Waals surface area (Å²) in [7, 11) is 1.76. The van der Waals surface area contributed by atoms with E-state index in [1.54, 1.807) is 11.9 Å².